The first-order chi connectivity index (χ1) is 13.4. The van der Waals surface area contributed by atoms with Crippen molar-refractivity contribution in [2.75, 3.05) is 0 Å². The number of ketones is 1. The second-order valence-electron chi connectivity index (χ2n) is 7.33. The minimum Gasteiger partial charge on any atom is -0.481 e. The summed E-state index contributed by atoms with van der Waals surface area (Å²) in [4.78, 5) is 22.6. The summed E-state index contributed by atoms with van der Waals surface area (Å²) < 4.78 is 13.9. The largest absolute Gasteiger partial charge is 0.481 e. The Morgan fingerprint density at radius 2 is 2.00 bits per heavy atom. The Morgan fingerprint density at radius 1 is 1.25 bits per heavy atom. The van der Waals surface area contributed by atoms with Crippen molar-refractivity contribution < 1.29 is 29.3 Å². The SMILES string of the molecule is CCCCC/C=C(\F)[C@H](O)/C=C/[C@H]1[C@H](O)CC(=O)[C@@H]1C/C=C\CCCC(=O)O. The van der Waals surface area contributed by atoms with Gasteiger partial charge in [-0.25, -0.2) is 4.39 Å². The number of rotatable bonds is 13. The van der Waals surface area contributed by atoms with Crippen LogP contribution in [0, 0.1) is 11.8 Å². The molecule has 5 nitrogen and oxygen atoms in total. The number of carbonyl (C=O) groups excluding carboxylic acids is 1. The van der Waals surface area contributed by atoms with Gasteiger partial charge in [-0.1, -0.05) is 44.1 Å². The third-order valence-electron chi connectivity index (χ3n) is 5.00. The van der Waals surface area contributed by atoms with Gasteiger partial charge >= 0.3 is 5.97 Å². The van der Waals surface area contributed by atoms with E-state index < -0.39 is 35.8 Å². The molecule has 1 rings (SSSR count). The molecule has 0 aromatic carbocycles. The molecule has 0 amide bonds. The highest BCUT2D eigenvalue weighted by Gasteiger charge is 2.39. The van der Waals surface area contributed by atoms with E-state index in [1.54, 1.807) is 6.08 Å². The van der Waals surface area contributed by atoms with Crippen LogP contribution in [-0.4, -0.2) is 39.3 Å². The normalized spacial score (nSPS) is 24.5. The maximum Gasteiger partial charge on any atom is 0.303 e. The maximum absolute atomic E-state index is 13.9. The van der Waals surface area contributed by atoms with Gasteiger partial charge < -0.3 is 15.3 Å². The fraction of sp³-hybridized carbons (Fsp3) is 0.636. The van der Waals surface area contributed by atoms with Crippen molar-refractivity contribution in [3.8, 4) is 0 Å². The highest BCUT2D eigenvalue weighted by Crippen LogP contribution is 2.33. The lowest BCUT2D eigenvalue weighted by molar-refractivity contribution is -0.137. The number of aliphatic hydroxyl groups excluding tert-OH is 2. The molecule has 0 unspecified atom stereocenters. The molecule has 0 aromatic heterocycles. The summed E-state index contributed by atoms with van der Waals surface area (Å²) in [6, 6.07) is 0. The number of aliphatic hydroxyl groups is 2. The van der Waals surface area contributed by atoms with E-state index in [-0.39, 0.29) is 18.6 Å². The molecule has 0 aromatic rings. The molecular weight excluding hydrogens is 363 g/mol. The third kappa shape index (κ3) is 8.93. The Labute approximate surface area is 166 Å². The molecule has 0 saturated heterocycles. The van der Waals surface area contributed by atoms with E-state index >= 15 is 0 Å². The van der Waals surface area contributed by atoms with E-state index in [1.807, 2.05) is 12.2 Å². The molecule has 158 valence electrons. The van der Waals surface area contributed by atoms with Crippen LogP contribution in [0.15, 0.2) is 36.2 Å². The number of aliphatic carboxylic acids is 1. The van der Waals surface area contributed by atoms with Crippen molar-refractivity contribution in [2.45, 2.75) is 76.9 Å². The number of allylic oxidation sites excluding steroid dienone is 3. The average molecular weight is 396 g/mol. The average Bonchev–Trinajstić information content (AvgIpc) is 2.91. The molecule has 1 fully saturated rings. The Bertz CT molecular complexity index is 581. The van der Waals surface area contributed by atoms with Gasteiger partial charge in [-0.3, -0.25) is 9.59 Å². The fourth-order valence-electron chi connectivity index (χ4n) is 3.34. The van der Waals surface area contributed by atoms with Gasteiger partial charge in [0, 0.05) is 24.7 Å². The smallest absolute Gasteiger partial charge is 0.303 e. The lowest BCUT2D eigenvalue weighted by Crippen LogP contribution is -2.19. The monoisotopic (exact) mass is 396 g/mol. The molecule has 4 atom stereocenters. The van der Waals surface area contributed by atoms with Gasteiger partial charge in [0.25, 0.3) is 0 Å². The summed E-state index contributed by atoms with van der Waals surface area (Å²) in [7, 11) is 0. The highest BCUT2D eigenvalue weighted by molar-refractivity contribution is 5.84. The topological polar surface area (TPSA) is 94.8 Å². The highest BCUT2D eigenvalue weighted by atomic mass is 19.1. The first kappa shape index (κ1) is 24.2. The Balaban J connectivity index is 2.57. The molecule has 6 heteroatoms. The van der Waals surface area contributed by atoms with E-state index in [2.05, 4.69) is 6.92 Å². The van der Waals surface area contributed by atoms with Crippen LogP contribution in [0.5, 0.6) is 0 Å². The van der Waals surface area contributed by atoms with Crippen LogP contribution in [0.1, 0.15) is 64.7 Å². The van der Waals surface area contributed by atoms with Gasteiger partial charge in [-0.2, -0.15) is 0 Å². The van der Waals surface area contributed by atoms with Crippen molar-refractivity contribution in [1.82, 2.24) is 0 Å². The molecule has 3 N–H and O–H groups in total. The second kappa shape index (κ2) is 13.4. The lowest BCUT2D eigenvalue weighted by Gasteiger charge is -2.16. The van der Waals surface area contributed by atoms with Crippen molar-refractivity contribution in [2.24, 2.45) is 11.8 Å². The van der Waals surface area contributed by atoms with E-state index in [0.717, 1.165) is 19.3 Å². The number of Topliss-reactive ketones (excluding diaryl/α,β-unsaturated/α-hetero) is 1. The molecule has 28 heavy (non-hydrogen) atoms. The van der Waals surface area contributed by atoms with E-state index in [1.165, 1.54) is 12.2 Å². The Hall–Kier alpha value is -1.79. The zero-order valence-electron chi connectivity index (χ0n) is 16.6. The fourth-order valence-corrected chi connectivity index (χ4v) is 3.34. The molecule has 1 aliphatic carbocycles. The number of carboxylic acids is 1. The summed E-state index contributed by atoms with van der Waals surface area (Å²) in [6.45, 7) is 2.06. The van der Waals surface area contributed by atoms with Crippen LogP contribution in [-0.2, 0) is 9.59 Å². The van der Waals surface area contributed by atoms with Crippen LogP contribution in [0.25, 0.3) is 0 Å². The van der Waals surface area contributed by atoms with E-state index in [9.17, 15) is 24.2 Å². The van der Waals surface area contributed by atoms with Gasteiger partial charge in [0.1, 0.15) is 17.7 Å². The zero-order chi connectivity index (χ0) is 20.9. The van der Waals surface area contributed by atoms with Gasteiger partial charge in [-0.15, -0.1) is 0 Å². The second-order valence-corrected chi connectivity index (χ2v) is 7.33. The molecule has 0 aliphatic heterocycles. The van der Waals surface area contributed by atoms with Crippen LogP contribution in [0.2, 0.25) is 0 Å². The Morgan fingerprint density at radius 3 is 2.68 bits per heavy atom. The minimum atomic E-state index is -1.36. The molecule has 0 bridgehead atoms. The van der Waals surface area contributed by atoms with E-state index in [4.69, 9.17) is 5.11 Å². The number of halogens is 1. The first-order valence-corrected chi connectivity index (χ1v) is 10.2. The number of carboxylic acid groups (broad SMARTS) is 1. The molecule has 0 spiro atoms. The number of hydrogen-bond donors (Lipinski definition) is 3. The quantitative estimate of drug-likeness (QED) is 0.322. The lowest BCUT2D eigenvalue weighted by atomic mass is 9.90. The summed E-state index contributed by atoms with van der Waals surface area (Å²) in [5.41, 5.74) is 0. The zero-order valence-corrected chi connectivity index (χ0v) is 16.6. The van der Waals surface area contributed by atoms with Crippen LogP contribution in [0.3, 0.4) is 0 Å². The van der Waals surface area contributed by atoms with Crippen molar-refractivity contribution in [1.29, 1.82) is 0 Å². The number of hydrogen-bond acceptors (Lipinski definition) is 4. The standard InChI is InChI=1S/C22H33FO5/c1-2-3-4-8-11-18(23)19(24)14-13-17-16(20(25)15-21(17)26)10-7-5-6-9-12-22(27)28/h5,7,11,13-14,16-17,19,21,24,26H,2-4,6,8-10,12,15H2,1H3,(H,27,28)/b7-5-,14-13+,18-11-/t16-,17-,19-,21-/m1/s1. The van der Waals surface area contributed by atoms with Crippen molar-refractivity contribution in [3.05, 3.63) is 36.2 Å². The van der Waals surface area contributed by atoms with Crippen molar-refractivity contribution >= 4 is 11.8 Å². The van der Waals surface area contributed by atoms with Crippen LogP contribution in [0.4, 0.5) is 4.39 Å². The van der Waals surface area contributed by atoms with Crippen LogP contribution < -0.4 is 0 Å². The molecule has 1 saturated carbocycles. The summed E-state index contributed by atoms with van der Waals surface area (Å²) in [5.74, 6) is -2.37. The molecular formula is C22H33FO5. The van der Waals surface area contributed by atoms with Gasteiger partial charge in [0.05, 0.1) is 6.10 Å². The molecule has 0 heterocycles. The number of unbranched alkanes of at least 4 members (excludes halogenated alkanes) is 4. The Kier molecular flexibility index (Phi) is 11.6. The van der Waals surface area contributed by atoms with Crippen LogP contribution >= 0.6 is 0 Å². The first-order valence-electron chi connectivity index (χ1n) is 10.2. The predicted molar refractivity (Wildman–Crippen MR) is 106 cm³/mol. The minimum absolute atomic E-state index is 0.0533. The molecule has 0 radical (unpaired) electrons. The number of carbonyl (C=O) groups is 2. The summed E-state index contributed by atoms with van der Waals surface area (Å²) >= 11 is 0. The maximum atomic E-state index is 13.9. The third-order valence-corrected chi connectivity index (χ3v) is 5.00. The van der Waals surface area contributed by atoms with Gasteiger partial charge in [0.2, 0.25) is 0 Å². The predicted octanol–water partition coefficient (Wildman–Crippen LogP) is 4.10. The van der Waals surface area contributed by atoms with Gasteiger partial charge in [-0.05, 0) is 38.2 Å². The van der Waals surface area contributed by atoms with E-state index in [0.29, 0.717) is 25.7 Å². The van der Waals surface area contributed by atoms with Gasteiger partial charge in [0.15, 0.2) is 0 Å². The summed E-state index contributed by atoms with van der Waals surface area (Å²) in [6.07, 6.45) is 10.9. The van der Waals surface area contributed by atoms with Crippen molar-refractivity contribution in [3.63, 3.8) is 0 Å². The summed E-state index contributed by atoms with van der Waals surface area (Å²) in [5, 5.41) is 28.7. The molecule has 1 aliphatic rings.